The van der Waals surface area contributed by atoms with Crippen LogP contribution in [0.5, 0.6) is 0 Å². The third kappa shape index (κ3) is 6.14. The predicted octanol–water partition coefficient (Wildman–Crippen LogP) is 2.64. The molecule has 0 saturated heterocycles. The average Bonchev–Trinajstić information content (AvgIpc) is 3.39. The van der Waals surface area contributed by atoms with Gasteiger partial charge in [0.05, 0.1) is 11.5 Å². The van der Waals surface area contributed by atoms with Gasteiger partial charge in [0.15, 0.2) is 5.82 Å². The van der Waals surface area contributed by atoms with Gasteiger partial charge in [0.2, 0.25) is 17.7 Å². The smallest absolute Gasteiger partial charge is 0.235 e. The van der Waals surface area contributed by atoms with Gasteiger partial charge in [-0.1, -0.05) is 11.2 Å². The van der Waals surface area contributed by atoms with Gasteiger partial charge < -0.3 is 20.5 Å². The van der Waals surface area contributed by atoms with Crippen LogP contribution in [0.25, 0.3) is 0 Å². The second-order valence-electron chi connectivity index (χ2n) is 6.26. The Morgan fingerprint density at radius 1 is 1.07 bits per heavy atom. The number of thioether (sulfide) groups is 1. The van der Waals surface area contributed by atoms with E-state index in [0.717, 1.165) is 12.8 Å². The molecule has 1 aliphatic carbocycles. The molecular weight excluding hydrogens is 368 g/mol. The van der Waals surface area contributed by atoms with E-state index in [1.165, 1.54) is 11.8 Å². The zero-order valence-corrected chi connectivity index (χ0v) is 15.6. The Hall–Kier alpha value is -2.81. The van der Waals surface area contributed by atoms with E-state index >= 15 is 0 Å². The molecule has 9 heteroatoms. The molecular formula is C18H20N4O4S. The largest absolute Gasteiger partial charge is 0.360 e. The predicted molar refractivity (Wildman–Crippen MR) is 104 cm³/mol. The number of amides is 3. The molecule has 3 rings (SSSR count). The fourth-order valence-corrected chi connectivity index (χ4v) is 2.92. The topological polar surface area (TPSA) is 113 Å². The van der Waals surface area contributed by atoms with Crippen LogP contribution in [-0.2, 0) is 14.4 Å². The highest BCUT2D eigenvalue weighted by atomic mass is 32.2. The molecule has 3 amide bonds. The van der Waals surface area contributed by atoms with Crippen LogP contribution in [0, 0.1) is 12.8 Å². The molecule has 0 unspecified atom stereocenters. The molecule has 1 heterocycles. The number of nitrogens with one attached hydrogen (secondary N) is 3. The number of aromatic nitrogens is 1. The number of hydrogen-bond donors (Lipinski definition) is 3. The molecule has 8 nitrogen and oxygen atoms in total. The van der Waals surface area contributed by atoms with E-state index in [-0.39, 0.29) is 35.1 Å². The van der Waals surface area contributed by atoms with Crippen LogP contribution in [0.15, 0.2) is 34.9 Å². The van der Waals surface area contributed by atoms with E-state index in [0.29, 0.717) is 23.0 Å². The number of rotatable bonds is 8. The Kier molecular flexibility index (Phi) is 6.12. The highest BCUT2D eigenvalue weighted by Gasteiger charge is 2.29. The van der Waals surface area contributed by atoms with Crippen LogP contribution < -0.4 is 16.0 Å². The standard InChI is InChI=1S/C18H20N4O4S/c1-11-7-15(22-26-11)21-17(24)10-27-9-16(23)19-13-3-2-4-14(8-13)20-18(25)12-5-6-12/h2-4,7-8,12H,5-6,9-10H2,1H3,(H,19,23)(H,20,25)(H,21,22,24). The van der Waals surface area contributed by atoms with Crippen LogP contribution in [0.4, 0.5) is 17.2 Å². The number of hydrogen-bond acceptors (Lipinski definition) is 6. The fourth-order valence-electron chi connectivity index (χ4n) is 2.30. The van der Waals surface area contributed by atoms with Crippen molar-refractivity contribution in [3.63, 3.8) is 0 Å². The summed E-state index contributed by atoms with van der Waals surface area (Å²) in [6, 6.07) is 8.61. The summed E-state index contributed by atoms with van der Waals surface area (Å²) in [5, 5.41) is 11.9. The van der Waals surface area contributed by atoms with Crippen molar-refractivity contribution in [2.45, 2.75) is 19.8 Å². The quantitative estimate of drug-likeness (QED) is 0.641. The van der Waals surface area contributed by atoms with E-state index in [1.54, 1.807) is 37.3 Å². The molecule has 27 heavy (non-hydrogen) atoms. The van der Waals surface area contributed by atoms with Crippen molar-refractivity contribution in [2.24, 2.45) is 5.92 Å². The molecule has 1 aromatic heterocycles. The van der Waals surface area contributed by atoms with Crippen molar-refractivity contribution in [3.05, 3.63) is 36.1 Å². The van der Waals surface area contributed by atoms with Gasteiger partial charge in [-0.05, 0) is 38.0 Å². The van der Waals surface area contributed by atoms with Crippen LogP contribution in [-0.4, -0.2) is 34.4 Å². The third-order valence-corrected chi connectivity index (χ3v) is 4.66. The van der Waals surface area contributed by atoms with E-state index in [2.05, 4.69) is 21.1 Å². The second kappa shape index (κ2) is 8.72. The Morgan fingerprint density at radius 2 is 1.74 bits per heavy atom. The first-order valence-electron chi connectivity index (χ1n) is 8.51. The number of nitrogens with zero attached hydrogens (tertiary/aromatic N) is 1. The molecule has 1 saturated carbocycles. The van der Waals surface area contributed by atoms with Crippen LogP contribution in [0.3, 0.4) is 0 Å². The van der Waals surface area contributed by atoms with Crippen LogP contribution in [0.2, 0.25) is 0 Å². The molecule has 0 aliphatic heterocycles. The molecule has 0 atom stereocenters. The van der Waals surface area contributed by atoms with Crippen molar-refractivity contribution in [1.82, 2.24) is 5.16 Å². The van der Waals surface area contributed by atoms with Crippen molar-refractivity contribution in [3.8, 4) is 0 Å². The normalized spacial score (nSPS) is 13.1. The minimum atomic E-state index is -0.258. The maximum Gasteiger partial charge on any atom is 0.235 e. The summed E-state index contributed by atoms with van der Waals surface area (Å²) in [7, 11) is 0. The highest BCUT2D eigenvalue weighted by Crippen LogP contribution is 2.30. The van der Waals surface area contributed by atoms with Gasteiger partial charge in [0.1, 0.15) is 5.76 Å². The van der Waals surface area contributed by atoms with E-state index in [9.17, 15) is 14.4 Å². The van der Waals surface area contributed by atoms with Crippen molar-refractivity contribution in [1.29, 1.82) is 0 Å². The lowest BCUT2D eigenvalue weighted by Crippen LogP contribution is -2.18. The van der Waals surface area contributed by atoms with Crippen molar-refractivity contribution in [2.75, 3.05) is 27.5 Å². The Morgan fingerprint density at radius 3 is 2.37 bits per heavy atom. The van der Waals surface area contributed by atoms with Gasteiger partial charge in [-0.2, -0.15) is 0 Å². The summed E-state index contributed by atoms with van der Waals surface area (Å²) >= 11 is 1.19. The lowest BCUT2D eigenvalue weighted by atomic mass is 10.2. The number of aryl methyl sites for hydroxylation is 1. The lowest BCUT2D eigenvalue weighted by Gasteiger charge is -2.08. The molecule has 1 aromatic carbocycles. The highest BCUT2D eigenvalue weighted by molar-refractivity contribution is 8.00. The van der Waals surface area contributed by atoms with Gasteiger partial charge in [-0.25, -0.2) is 0 Å². The molecule has 0 spiro atoms. The fraction of sp³-hybridized carbons (Fsp3) is 0.333. The Bertz CT molecular complexity index is 847. The van der Waals surface area contributed by atoms with Crippen molar-refractivity contribution >= 4 is 46.7 Å². The second-order valence-corrected chi connectivity index (χ2v) is 7.24. The first-order chi connectivity index (χ1) is 13.0. The summed E-state index contributed by atoms with van der Waals surface area (Å²) in [5.41, 5.74) is 1.25. The van der Waals surface area contributed by atoms with Gasteiger partial charge in [-0.3, -0.25) is 14.4 Å². The number of benzene rings is 1. The SMILES string of the molecule is Cc1cc(NC(=O)CSCC(=O)Nc2cccc(NC(=O)C3CC3)c2)no1. The number of anilines is 3. The first-order valence-corrected chi connectivity index (χ1v) is 9.67. The van der Waals surface area contributed by atoms with Gasteiger partial charge in [0.25, 0.3) is 0 Å². The average molecular weight is 388 g/mol. The van der Waals surface area contributed by atoms with Crippen molar-refractivity contribution < 1.29 is 18.9 Å². The van der Waals surface area contributed by atoms with Crippen LogP contribution in [0.1, 0.15) is 18.6 Å². The zero-order valence-electron chi connectivity index (χ0n) is 14.8. The van der Waals surface area contributed by atoms with Gasteiger partial charge in [-0.15, -0.1) is 11.8 Å². The molecule has 1 fully saturated rings. The number of carbonyl (C=O) groups is 3. The maximum absolute atomic E-state index is 12.0. The molecule has 0 radical (unpaired) electrons. The molecule has 3 N–H and O–H groups in total. The lowest BCUT2D eigenvalue weighted by molar-refractivity contribution is -0.117. The summed E-state index contributed by atoms with van der Waals surface area (Å²) in [6.45, 7) is 1.73. The van der Waals surface area contributed by atoms with Gasteiger partial charge in [0, 0.05) is 23.4 Å². The minimum Gasteiger partial charge on any atom is -0.360 e. The number of carbonyl (C=O) groups excluding carboxylic acids is 3. The van der Waals surface area contributed by atoms with Gasteiger partial charge >= 0.3 is 0 Å². The third-order valence-electron chi connectivity index (χ3n) is 3.72. The minimum absolute atomic E-state index is 0.0161. The molecule has 1 aliphatic rings. The summed E-state index contributed by atoms with van der Waals surface area (Å²) in [4.78, 5) is 35.6. The summed E-state index contributed by atoms with van der Waals surface area (Å²) < 4.78 is 4.86. The first kappa shape index (κ1) is 19.0. The van der Waals surface area contributed by atoms with E-state index in [1.807, 2.05) is 0 Å². The Balaban J connectivity index is 1.39. The van der Waals surface area contributed by atoms with E-state index < -0.39 is 0 Å². The monoisotopic (exact) mass is 388 g/mol. The molecule has 2 aromatic rings. The Labute approximate surface area is 160 Å². The maximum atomic E-state index is 12.0. The summed E-state index contributed by atoms with van der Waals surface area (Å²) in [5.74, 6) is 0.859. The van der Waals surface area contributed by atoms with Crippen LogP contribution >= 0.6 is 11.8 Å². The zero-order chi connectivity index (χ0) is 19.2. The molecule has 0 bridgehead atoms. The summed E-state index contributed by atoms with van der Waals surface area (Å²) in [6.07, 6.45) is 1.87. The van der Waals surface area contributed by atoms with E-state index in [4.69, 9.17) is 4.52 Å². The molecule has 142 valence electrons.